The third kappa shape index (κ3) is 4.27. The molecule has 0 unspecified atom stereocenters. The highest BCUT2D eigenvalue weighted by atomic mass is 19.1. The summed E-state index contributed by atoms with van der Waals surface area (Å²) in [6, 6.07) is 3.12. The number of carbonyl (C=O) groups excluding carboxylic acids is 1. The normalized spacial score (nSPS) is 10.6. The van der Waals surface area contributed by atoms with Crippen LogP contribution in [0.15, 0.2) is 18.2 Å². The fraction of sp³-hybridized carbons (Fsp3) is 0.462. The zero-order valence-corrected chi connectivity index (χ0v) is 11.6. The summed E-state index contributed by atoms with van der Waals surface area (Å²) in [4.78, 5) is 23.6. The van der Waals surface area contributed by atoms with Crippen molar-refractivity contribution < 1.29 is 14.1 Å². The summed E-state index contributed by atoms with van der Waals surface area (Å²) in [7, 11) is 0. The molecule has 0 fully saturated rings. The Hall–Kier alpha value is -2.02. The van der Waals surface area contributed by atoms with Crippen LogP contribution in [0.25, 0.3) is 0 Å². The van der Waals surface area contributed by atoms with Crippen LogP contribution in [0.5, 0.6) is 0 Å². The van der Waals surface area contributed by atoms with E-state index in [-0.39, 0.29) is 5.56 Å². The lowest BCUT2D eigenvalue weighted by Gasteiger charge is -2.17. The fourth-order valence-electron chi connectivity index (χ4n) is 1.77. The lowest BCUT2D eigenvalue weighted by molar-refractivity contribution is -0.387. The van der Waals surface area contributed by atoms with Crippen molar-refractivity contribution in [3.05, 3.63) is 39.7 Å². The fourth-order valence-corrected chi connectivity index (χ4v) is 1.77. The minimum absolute atomic E-state index is 0.0765. The average molecular weight is 283 g/mol. The summed E-state index contributed by atoms with van der Waals surface area (Å²) < 4.78 is 13.4. The molecule has 0 bridgehead atoms. The van der Waals surface area contributed by atoms with Crippen molar-refractivity contribution in [1.29, 1.82) is 0 Å². The number of likely N-dealkylation sites (N-methyl/N-ethyl adjacent to an activating group) is 1. The molecule has 1 rings (SSSR count). The molecular formula is C13H18FN3O3. The number of halogens is 1. The molecule has 0 saturated carbocycles. The van der Waals surface area contributed by atoms with Gasteiger partial charge in [-0.25, -0.2) is 0 Å². The quantitative estimate of drug-likeness (QED) is 0.611. The number of carbonyl (C=O) groups is 1. The zero-order chi connectivity index (χ0) is 15.1. The van der Waals surface area contributed by atoms with Crippen LogP contribution in [0.4, 0.5) is 10.1 Å². The summed E-state index contributed by atoms with van der Waals surface area (Å²) in [6.45, 7) is 6.97. The first-order chi connectivity index (χ1) is 9.49. The molecular weight excluding hydrogens is 265 g/mol. The van der Waals surface area contributed by atoms with Gasteiger partial charge in [0.15, 0.2) is 0 Å². The van der Waals surface area contributed by atoms with E-state index in [9.17, 15) is 19.3 Å². The van der Waals surface area contributed by atoms with Gasteiger partial charge in [0.05, 0.1) is 4.92 Å². The summed E-state index contributed by atoms with van der Waals surface area (Å²) >= 11 is 0. The number of nitro groups is 1. The topological polar surface area (TPSA) is 75.5 Å². The Kier molecular flexibility index (Phi) is 6.05. The third-order valence-electron chi connectivity index (χ3n) is 3.01. The van der Waals surface area contributed by atoms with Gasteiger partial charge >= 0.3 is 5.69 Å². The van der Waals surface area contributed by atoms with Crippen molar-refractivity contribution in [1.82, 2.24) is 10.2 Å². The molecule has 20 heavy (non-hydrogen) atoms. The summed E-state index contributed by atoms with van der Waals surface area (Å²) in [5.41, 5.74) is -0.558. The van der Waals surface area contributed by atoms with Gasteiger partial charge in [0, 0.05) is 24.7 Å². The highest BCUT2D eigenvalue weighted by Gasteiger charge is 2.16. The highest BCUT2D eigenvalue weighted by Crippen LogP contribution is 2.17. The molecule has 1 amide bonds. The molecule has 110 valence electrons. The molecule has 0 saturated heterocycles. The van der Waals surface area contributed by atoms with Gasteiger partial charge in [-0.15, -0.1) is 0 Å². The largest absolute Gasteiger partial charge is 0.351 e. The van der Waals surface area contributed by atoms with E-state index in [1.165, 1.54) is 6.07 Å². The van der Waals surface area contributed by atoms with Gasteiger partial charge < -0.3 is 10.2 Å². The smallest absolute Gasteiger partial charge is 0.304 e. The molecule has 0 radical (unpaired) electrons. The van der Waals surface area contributed by atoms with Crippen LogP contribution in [-0.4, -0.2) is 41.9 Å². The van der Waals surface area contributed by atoms with E-state index >= 15 is 0 Å². The summed E-state index contributed by atoms with van der Waals surface area (Å²) in [6.07, 6.45) is 0. The number of hydrogen-bond acceptors (Lipinski definition) is 4. The standard InChI is InChI=1S/C13H18FN3O3/c1-3-16(4-2)8-7-15-13(18)10-5-6-12(17(19)20)11(14)9-10/h5-6,9H,3-4,7-8H2,1-2H3,(H,15,18). The molecule has 0 aliphatic heterocycles. The average Bonchev–Trinajstić information content (AvgIpc) is 2.42. The van der Waals surface area contributed by atoms with Crippen LogP contribution in [0.3, 0.4) is 0 Å². The van der Waals surface area contributed by atoms with Gasteiger partial charge in [0.25, 0.3) is 5.91 Å². The van der Waals surface area contributed by atoms with E-state index < -0.39 is 22.3 Å². The second-order valence-electron chi connectivity index (χ2n) is 4.21. The van der Waals surface area contributed by atoms with E-state index in [0.29, 0.717) is 13.1 Å². The lowest BCUT2D eigenvalue weighted by atomic mass is 10.2. The first-order valence-corrected chi connectivity index (χ1v) is 6.44. The maximum absolute atomic E-state index is 13.4. The SMILES string of the molecule is CCN(CC)CCNC(=O)c1ccc([N+](=O)[O-])c(F)c1. The number of benzene rings is 1. The summed E-state index contributed by atoms with van der Waals surface area (Å²) in [5, 5.41) is 13.1. The Morgan fingerprint density at radius 1 is 1.40 bits per heavy atom. The Morgan fingerprint density at radius 2 is 2.05 bits per heavy atom. The van der Waals surface area contributed by atoms with Crippen LogP contribution in [0.1, 0.15) is 24.2 Å². The first-order valence-electron chi connectivity index (χ1n) is 6.44. The predicted octanol–water partition coefficient (Wildman–Crippen LogP) is 1.81. The van der Waals surface area contributed by atoms with E-state index in [0.717, 1.165) is 25.2 Å². The molecule has 6 nitrogen and oxygen atoms in total. The molecule has 1 N–H and O–H groups in total. The van der Waals surface area contributed by atoms with Crippen LogP contribution in [0.2, 0.25) is 0 Å². The van der Waals surface area contributed by atoms with Crippen LogP contribution < -0.4 is 5.32 Å². The number of nitrogens with one attached hydrogen (secondary N) is 1. The molecule has 0 aliphatic rings. The predicted molar refractivity (Wildman–Crippen MR) is 73.2 cm³/mol. The van der Waals surface area contributed by atoms with Crippen molar-refractivity contribution in [2.24, 2.45) is 0 Å². The van der Waals surface area contributed by atoms with E-state index in [1.54, 1.807) is 0 Å². The minimum Gasteiger partial charge on any atom is -0.351 e. The Morgan fingerprint density at radius 3 is 2.55 bits per heavy atom. The third-order valence-corrected chi connectivity index (χ3v) is 3.01. The molecule has 1 aromatic rings. The van der Waals surface area contributed by atoms with Gasteiger partial charge in [-0.2, -0.15) is 4.39 Å². The van der Waals surface area contributed by atoms with Crippen LogP contribution >= 0.6 is 0 Å². The second kappa shape index (κ2) is 7.54. The Balaban J connectivity index is 2.60. The molecule has 7 heteroatoms. The highest BCUT2D eigenvalue weighted by molar-refractivity contribution is 5.94. The van der Waals surface area contributed by atoms with Crippen molar-refractivity contribution in [3.63, 3.8) is 0 Å². The Labute approximate surface area is 116 Å². The van der Waals surface area contributed by atoms with Crippen molar-refractivity contribution in [2.75, 3.05) is 26.2 Å². The number of nitrogens with zero attached hydrogens (tertiary/aromatic N) is 2. The molecule has 0 heterocycles. The van der Waals surface area contributed by atoms with Crippen molar-refractivity contribution >= 4 is 11.6 Å². The number of rotatable bonds is 7. The lowest BCUT2D eigenvalue weighted by Crippen LogP contribution is -2.34. The van der Waals surface area contributed by atoms with Crippen LogP contribution in [0, 0.1) is 15.9 Å². The van der Waals surface area contributed by atoms with E-state index in [4.69, 9.17) is 0 Å². The minimum atomic E-state index is -1.01. The monoisotopic (exact) mass is 283 g/mol. The maximum Gasteiger partial charge on any atom is 0.304 e. The first kappa shape index (κ1) is 16.0. The van der Waals surface area contributed by atoms with Crippen molar-refractivity contribution in [3.8, 4) is 0 Å². The van der Waals surface area contributed by atoms with Gasteiger partial charge in [0.1, 0.15) is 0 Å². The number of amides is 1. The molecule has 0 atom stereocenters. The number of hydrogen-bond donors (Lipinski definition) is 1. The number of nitro benzene ring substituents is 1. The van der Waals surface area contributed by atoms with E-state index in [2.05, 4.69) is 10.2 Å². The molecule has 0 spiro atoms. The molecule has 0 aromatic heterocycles. The zero-order valence-electron chi connectivity index (χ0n) is 11.6. The van der Waals surface area contributed by atoms with Crippen LogP contribution in [-0.2, 0) is 0 Å². The van der Waals surface area contributed by atoms with Gasteiger partial charge in [-0.05, 0) is 25.2 Å². The Bertz CT molecular complexity index is 490. The van der Waals surface area contributed by atoms with Gasteiger partial charge in [-0.1, -0.05) is 13.8 Å². The molecule has 1 aromatic carbocycles. The maximum atomic E-state index is 13.4. The van der Waals surface area contributed by atoms with Gasteiger partial charge in [-0.3, -0.25) is 14.9 Å². The molecule has 0 aliphatic carbocycles. The second-order valence-corrected chi connectivity index (χ2v) is 4.21. The van der Waals surface area contributed by atoms with Gasteiger partial charge in [0.2, 0.25) is 5.82 Å². The summed E-state index contributed by atoms with van der Waals surface area (Å²) in [5.74, 6) is -1.45. The van der Waals surface area contributed by atoms with Crippen molar-refractivity contribution in [2.45, 2.75) is 13.8 Å². The van der Waals surface area contributed by atoms with E-state index in [1.807, 2.05) is 13.8 Å².